The molecule has 5 atom stereocenters. The van der Waals surface area contributed by atoms with Gasteiger partial charge in [-0.05, 0) is 105 Å². The Kier molecular flexibility index (Phi) is 7.55. The van der Waals surface area contributed by atoms with Crippen molar-refractivity contribution in [1.29, 1.82) is 0 Å². The van der Waals surface area contributed by atoms with Gasteiger partial charge in [-0.2, -0.15) is 13.2 Å². The number of halogens is 3. The molecule has 0 radical (unpaired) electrons. The Morgan fingerprint density at radius 2 is 1.93 bits per heavy atom. The molecule has 6 rings (SSSR count). The Labute approximate surface area is 249 Å². The molecule has 10 heteroatoms. The minimum Gasteiger partial charge on any atom is -0.495 e. The Morgan fingerprint density at radius 1 is 1.14 bits per heavy atom. The Balaban J connectivity index is 1.25. The van der Waals surface area contributed by atoms with E-state index in [2.05, 4.69) is 29.4 Å². The predicted molar refractivity (Wildman–Crippen MR) is 166 cm³/mol. The summed E-state index contributed by atoms with van der Waals surface area (Å²) in [4.78, 5) is 0. The molecule has 0 spiro atoms. The summed E-state index contributed by atoms with van der Waals surface area (Å²) in [5, 5.41) is 7.71. The molecule has 224 valence electrons. The molecule has 1 aromatic carbocycles. The summed E-state index contributed by atoms with van der Waals surface area (Å²) in [7, 11) is -0.914. The molecule has 3 aliphatic rings. The number of fused-ring (bicyclic) bond motifs is 2. The van der Waals surface area contributed by atoms with Gasteiger partial charge in [0.05, 0.1) is 36.1 Å². The van der Waals surface area contributed by atoms with Crippen LogP contribution in [0.25, 0.3) is 5.52 Å². The van der Waals surface area contributed by atoms with Crippen LogP contribution in [-0.2, 0) is 4.57 Å². The highest BCUT2D eigenvalue weighted by Gasteiger charge is 2.58. The molecule has 0 saturated heterocycles. The fourth-order valence-corrected chi connectivity index (χ4v) is 9.25. The number of ether oxygens (including phenoxy) is 1. The number of alkyl halides is 3. The first-order valence-corrected chi connectivity index (χ1v) is 17.9. The summed E-state index contributed by atoms with van der Waals surface area (Å²) in [6.45, 7) is 6.03. The fourth-order valence-electron chi connectivity index (χ4n) is 7.69. The maximum atomic E-state index is 13.7. The normalized spacial score (nSPS) is 26.6. The molecule has 42 heavy (non-hydrogen) atoms. The van der Waals surface area contributed by atoms with Crippen LogP contribution in [-0.4, -0.2) is 42.9 Å². The molecule has 3 fully saturated rings. The first-order valence-electron chi connectivity index (χ1n) is 14.5. The van der Waals surface area contributed by atoms with Crippen LogP contribution in [0.1, 0.15) is 44.6 Å². The van der Waals surface area contributed by atoms with E-state index in [1.807, 2.05) is 12.1 Å². The summed E-state index contributed by atoms with van der Waals surface area (Å²) in [5.74, 6) is 8.78. The summed E-state index contributed by atoms with van der Waals surface area (Å²) < 4.78 is 60.5. The second kappa shape index (κ2) is 10.8. The summed E-state index contributed by atoms with van der Waals surface area (Å²) >= 11 is -0.131. The standard InChI is InChI=1S/C32H37F3N3O2PS/c1-31-18-21-9-11-25(22(19-31)15-24(21)31)37-26-8-6-14-38-28(26)16-20(30(38)42-32(33,34)35)7-5-13-36-27-12-10-23(41(3,4)39)17-29(27)40-2/h6,8,10,12,14,16-17,21-22,24-25,36-37H,9,11,13,15,18-19H2,1-4H3/t21-,22-,24?,25-,31?/m1/s1. The maximum Gasteiger partial charge on any atom is 0.447 e. The molecule has 0 amide bonds. The van der Waals surface area contributed by atoms with Crippen LogP contribution < -0.4 is 20.7 Å². The number of nitrogens with zero attached hydrogens (tertiary/aromatic N) is 1. The molecular weight excluding hydrogens is 578 g/mol. The highest BCUT2D eigenvalue weighted by molar-refractivity contribution is 8.00. The number of rotatable bonds is 7. The molecular formula is C32H37F3N3O2PS. The number of aromatic nitrogens is 1. The monoisotopic (exact) mass is 615 g/mol. The lowest BCUT2D eigenvalue weighted by atomic mass is 9.55. The molecule has 3 aromatic rings. The van der Waals surface area contributed by atoms with E-state index < -0.39 is 12.7 Å². The quantitative estimate of drug-likeness (QED) is 0.161. The molecule has 3 saturated carbocycles. The number of hydrogen-bond donors (Lipinski definition) is 2. The minimum absolute atomic E-state index is 0.0628. The van der Waals surface area contributed by atoms with Gasteiger partial charge < -0.3 is 24.3 Å². The fraction of sp³-hybridized carbons (Fsp3) is 0.500. The highest BCUT2D eigenvalue weighted by atomic mass is 32.2. The molecule has 5 nitrogen and oxygen atoms in total. The van der Waals surface area contributed by atoms with Crippen molar-refractivity contribution in [3.05, 3.63) is 48.2 Å². The minimum atomic E-state index is -4.45. The van der Waals surface area contributed by atoms with E-state index in [1.54, 1.807) is 48.2 Å². The first kappa shape index (κ1) is 29.4. The van der Waals surface area contributed by atoms with E-state index in [4.69, 9.17) is 4.74 Å². The van der Waals surface area contributed by atoms with Crippen molar-refractivity contribution in [3.8, 4) is 17.6 Å². The Morgan fingerprint density at radius 3 is 2.67 bits per heavy atom. The average molecular weight is 616 g/mol. The number of methoxy groups -OCH3 is 1. The number of hydrogen-bond acceptors (Lipinski definition) is 5. The second-order valence-corrected chi connectivity index (χ2v) is 17.0. The zero-order valence-corrected chi connectivity index (χ0v) is 26.1. The van der Waals surface area contributed by atoms with Crippen LogP contribution in [0.2, 0.25) is 0 Å². The van der Waals surface area contributed by atoms with Gasteiger partial charge >= 0.3 is 5.51 Å². The van der Waals surface area contributed by atoms with Gasteiger partial charge in [-0.25, -0.2) is 0 Å². The number of thioether (sulfide) groups is 1. The highest BCUT2D eigenvalue weighted by Crippen LogP contribution is 2.66. The van der Waals surface area contributed by atoms with Crippen LogP contribution in [0.4, 0.5) is 24.5 Å². The van der Waals surface area contributed by atoms with E-state index in [-0.39, 0.29) is 23.3 Å². The third kappa shape index (κ3) is 5.65. The number of benzene rings is 1. The lowest BCUT2D eigenvalue weighted by Crippen LogP contribution is -2.43. The van der Waals surface area contributed by atoms with Crippen LogP contribution >= 0.6 is 18.9 Å². The third-order valence-corrected chi connectivity index (χ3v) is 12.0. The smallest absolute Gasteiger partial charge is 0.447 e. The van der Waals surface area contributed by atoms with Gasteiger partial charge in [-0.3, -0.25) is 0 Å². The van der Waals surface area contributed by atoms with E-state index in [0.29, 0.717) is 45.2 Å². The lowest BCUT2D eigenvalue weighted by Gasteiger charge is -2.50. The summed E-state index contributed by atoms with van der Waals surface area (Å²) in [6.07, 6.45) is 7.84. The zero-order valence-electron chi connectivity index (χ0n) is 24.3. The van der Waals surface area contributed by atoms with E-state index in [1.165, 1.54) is 32.8 Å². The van der Waals surface area contributed by atoms with Crippen molar-refractivity contribution in [2.75, 3.05) is 37.6 Å². The van der Waals surface area contributed by atoms with Crippen LogP contribution in [0.3, 0.4) is 0 Å². The molecule has 2 unspecified atom stereocenters. The average Bonchev–Trinajstić information content (AvgIpc) is 3.33. The Hall–Kier alpha value is -2.69. The van der Waals surface area contributed by atoms with Crippen molar-refractivity contribution < 1.29 is 22.5 Å². The van der Waals surface area contributed by atoms with E-state index >= 15 is 0 Å². The number of anilines is 2. The zero-order chi connectivity index (χ0) is 29.9. The van der Waals surface area contributed by atoms with Gasteiger partial charge in [0.2, 0.25) is 0 Å². The largest absolute Gasteiger partial charge is 0.495 e. The van der Waals surface area contributed by atoms with E-state index in [9.17, 15) is 17.7 Å². The maximum absolute atomic E-state index is 13.7. The van der Waals surface area contributed by atoms with Crippen molar-refractivity contribution >= 4 is 41.1 Å². The van der Waals surface area contributed by atoms with Gasteiger partial charge in [0, 0.05) is 29.3 Å². The molecule has 2 N–H and O–H groups in total. The molecule has 2 aromatic heterocycles. The van der Waals surface area contributed by atoms with Gasteiger partial charge in [0.25, 0.3) is 0 Å². The van der Waals surface area contributed by atoms with E-state index in [0.717, 1.165) is 23.9 Å². The predicted octanol–water partition coefficient (Wildman–Crippen LogP) is 7.90. The molecule has 0 aliphatic heterocycles. The summed E-state index contributed by atoms with van der Waals surface area (Å²) in [5.41, 5.74) is -1.40. The van der Waals surface area contributed by atoms with Crippen molar-refractivity contribution in [3.63, 3.8) is 0 Å². The molecule has 2 bridgehead atoms. The van der Waals surface area contributed by atoms with Gasteiger partial charge in [-0.1, -0.05) is 18.8 Å². The second-order valence-electron chi connectivity index (χ2n) is 12.7. The molecule has 3 aliphatic carbocycles. The van der Waals surface area contributed by atoms with Gasteiger partial charge in [0.15, 0.2) is 0 Å². The van der Waals surface area contributed by atoms with Crippen LogP contribution in [0.15, 0.2) is 47.6 Å². The topological polar surface area (TPSA) is 54.8 Å². The lowest BCUT2D eigenvalue weighted by molar-refractivity contribution is -0.0329. The van der Waals surface area contributed by atoms with Crippen LogP contribution in [0.5, 0.6) is 5.75 Å². The van der Waals surface area contributed by atoms with Crippen molar-refractivity contribution in [2.24, 2.45) is 23.2 Å². The SMILES string of the molecule is COc1cc(P(C)(C)=O)ccc1NCC#Cc1cc2c(N[C@@H]3CC[C@@H]4CC5(C)C[C@H]3CC45)cccn2c1SC(F)(F)F. The number of nitrogens with one attached hydrogen (secondary N) is 2. The van der Waals surface area contributed by atoms with Crippen LogP contribution in [0, 0.1) is 35.0 Å². The Bertz CT molecular complexity index is 1620. The summed E-state index contributed by atoms with van der Waals surface area (Å²) in [6, 6.07) is 11.2. The third-order valence-electron chi connectivity index (χ3n) is 9.61. The van der Waals surface area contributed by atoms with Crippen molar-refractivity contribution in [2.45, 2.75) is 55.6 Å². The first-order chi connectivity index (χ1) is 19.8. The number of pyridine rings is 1. The van der Waals surface area contributed by atoms with Crippen molar-refractivity contribution in [1.82, 2.24) is 4.40 Å². The van der Waals surface area contributed by atoms with Gasteiger partial charge in [0.1, 0.15) is 17.9 Å². The van der Waals surface area contributed by atoms with Gasteiger partial charge in [-0.15, -0.1) is 0 Å². The molecule has 2 heterocycles.